The summed E-state index contributed by atoms with van der Waals surface area (Å²) in [5, 5.41) is 0. The molecule has 2 rings (SSSR count). The topological polar surface area (TPSA) is 139 Å². The molecule has 2 aliphatic heterocycles. The summed E-state index contributed by atoms with van der Waals surface area (Å²) in [7, 11) is 0. The Morgan fingerprint density at radius 2 is 0.826 bits per heavy atom. The maximum Gasteiger partial charge on any atom is 0.331 e. The third kappa shape index (κ3) is 18.0. The highest BCUT2D eigenvalue weighted by molar-refractivity contribution is 6.00. The predicted molar refractivity (Wildman–Crippen MR) is 172 cm³/mol. The van der Waals surface area contributed by atoms with Crippen molar-refractivity contribution >= 4 is 35.4 Å². The molecule has 0 fully saturated rings. The molecule has 0 N–H and O–H groups in total. The smallest absolute Gasteiger partial charge is 0.331 e. The summed E-state index contributed by atoms with van der Waals surface area (Å²) in [4.78, 5) is 75.4. The van der Waals surface area contributed by atoms with Crippen molar-refractivity contribution < 1.29 is 47.7 Å². The van der Waals surface area contributed by atoms with Crippen molar-refractivity contribution in [3.05, 3.63) is 24.3 Å². The Hall–Kier alpha value is -3.30. The average Bonchev–Trinajstić information content (AvgIpc) is 3.01. The van der Waals surface area contributed by atoms with Gasteiger partial charge in [0.2, 0.25) is 0 Å². The standard InChI is InChI=1S/C36H54O10/c1-27-17-13-9-5-3-7-11-15-19-31(29(37)21-23-33(39)43-27)45-35(41)25-26-36(42)46-32-20-16-12-8-4-6-10-14-18-28(2)44-34(40)24-22-30(32)38/h21-24,27-28,31-32H,3-20,25-26H2,1-2H3/b23-21+,24-22+/t27-,28-,31+,32+/m1/s1. The van der Waals surface area contributed by atoms with Crippen LogP contribution < -0.4 is 0 Å². The van der Waals surface area contributed by atoms with Crippen LogP contribution in [-0.4, -0.2) is 59.9 Å². The molecule has 46 heavy (non-hydrogen) atoms. The van der Waals surface area contributed by atoms with Gasteiger partial charge < -0.3 is 18.9 Å². The first-order valence-corrected chi connectivity index (χ1v) is 17.4. The van der Waals surface area contributed by atoms with Gasteiger partial charge in [-0.2, -0.15) is 0 Å². The minimum Gasteiger partial charge on any atom is -0.460 e. The van der Waals surface area contributed by atoms with Crippen LogP contribution in [0.2, 0.25) is 0 Å². The summed E-state index contributed by atoms with van der Waals surface area (Å²) in [6.07, 6.45) is 16.6. The molecule has 0 aliphatic carbocycles. The number of hydrogen-bond acceptors (Lipinski definition) is 10. The molecule has 0 saturated carbocycles. The lowest BCUT2D eigenvalue weighted by Crippen LogP contribution is -2.28. The van der Waals surface area contributed by atoms with Gasteiger partial charge in [0.1, 0.15) is 0 Å². The number of carbonyl (C=O) groups excluding carboxylic acids is 6. The van der Waals surface area contributed by atoms with E-state index in [4.69, 9.17) is 18.9 Å². The normalized spacial score (nSPS) is 27.4. The number of cyclic esters (lactones) is 2. The van der Waals surface area contributed by atoms with E-state index in [1.54, 1.807) is 0 Å². The van der Waals surface area contributed by atoms with Gasteiger partial charge in [-0.3, -0.25) is 19.2 Å². The second-order valence-electron chi connectivity index (χ2n) is 12.5. The Morgan fingerprint density at radius 1 is 0.522 bits per heavy atom. The first-order chi connectivity index (χ1) is 22.1. The van der Waals surface area contributed by atoms with Crippen LogP contribution in [0.4, 0.5) is 0 Å². The van der Waals surface area contributed by atoms with Crippen LogP contribution in [0, 0.1) is 0 Å². The van der Waals surface area contributed by atoms with E-state index in [0.717, 1.165) is 114 Å². The molecule has 10 heteroatoms. The average molecular weight is 647 g/mol. The van der Waals surface area contributed by atoms with Crippen molar-refractivity contribution in [2.45, 2.75) is 167 Å². The minimum absolute atomic E-state index is 0.256. The Kier molecular flexibility index (Phi) is 19.5. The van der Waals surface area contributed by atoms with Gasteiger partial charge >= 0.3 is 23.9 Å². The van der Waals surface area contributed by atoms with Crippen molar-refractivity contribution in [3.63, 3.8) is 0 Å². The molecule has 258 valence electrons. The molecule has 0 bridgehead atoms. The summed E-state index contributed by atoms with van der Waals surface area (Å²) >= 11 is 0. The van der Waals surface area contributed by atoms with Crippen molar-refractivity contribution in [3.8, 4) is 0 Å². The highest BCUT2D eigenvalue weighted by Gasteiger charge is 2.25. The minimum atomic E-state index is -1.08. The van der Waals surface area contributed by atoms with E-state index in [2.05, 4.69) is 0 Å². The van der Waals surface area contributed by atoms with E-state index in [1.165, 1.54) is 0 Å². The molecule has 0 saturated heterocycles. The van der Waals surface area contributed by atoms with Gasteiger partial charge in [0.05, 0.1) is 25.0 Å². The Balaban J connectivity index is 1.95. The van der Waals surface area contributed by atoms with E-state index >= 15 is 0 Å². The highest BCUT2D eigenvalue weighted by Crippen LogP contribution is 2.18. The van der Waals surface area contributed by atoms with Crippen LogP contribution >= 0.6 is 0 Å². The van der Waals surface area contributed by atoms with Gasteiger partial charge in [-0.1, -0.05) is 64.2 Å². The zero-order valence-electron chi connectivity index (χ0n) is 27.8. The van der Waals surface area contributed by atoms with E-state index in [-0.39, 0.29) is 25.0 Å². The monoisotopic (exact) mass is 646 g/mol. The van der Waals surface area contributed by atoms with Crippen LogP contribution in [0.15, 0.2) is 24.3 Å². The maximum absolute atomic E-state index is 12.8. The second-order valence-corrected chi connectivity index (χ2v) is 12.5. The Labute approximate surface area is 274 Å². The predicted octanol–water partition coefficient (Wildman–Crippen LogP) is 6.75. The molecule has 10 nitrogen and oxygen atoms in total. The lowest BCUT2D eigenvalue weighted by atomic mass is 10.0. The summed E-state index contributed by atoms with van der Waals surface area (Å²) in [5.74, 6) is -3.81. The van der Waals surface area contributed by atoms with Gasteiger partial charge in [0.25, 0.3) is 0 Å². The number of carbonyl (C=O) groups is 6. The zero-order valence-corrected chi connectivity index (χ0v) is 27.8. The van der Waals surface area contributed by atoms with Crippen molar-refractivity contribution in [1.29, 1.82) is 0 Å². The number of rotatable bonds is 5. The van der Waals surface area contributed by atoms with Crippen molar-refractivity contribution in [2.24, 2.45) is 0 Å². The lowest BCUT2D eigenvalue weighted by Gasteiger charge is -2.17. The number of ether oxygens (including phenoxy) is 4. The van der Waals surface area contributed by atoms with Crippen LogP contribution in [0.25, 0.3) is 0 Å². The molecule has 0 spiro atoms. The first-order valence-electron chi connectivity index (χ1n) is 17.4. The molecule has 0 radical (unpaired) electrons. The number of esters is 4. The van der Waals surface area contributed by atoms with Crippen LogP contribution in [0.1, 0.15) is 142 Å². The fraction of sp³-hybridized carbons (Fsp3) is 0.722. The summed E-state index contributed by atoms with van der Waals surface area (Å²) < 4.78 is 21.6. The fourth-order valence-corrected chi connectivity index (χ4v) is 5.56. The molecule has 0 unspecified atom stereocenters. The molecular weight excluding hydrogens is 592 g/mol. The first kappa shape index (κ1) is 38.9. The van der Waals surface area contributed by atoms with E-state index in [1.807, 2.05) is 13.8 Å². The molecule has 0 aromatic heterocycles. The van der Waals surface area contributed by atoms with Crippen molar-refractivity contribution in [1.82, 2.24) is 0 Å². The van der Waals surface area contributed by atoms with E-state index < -0.39 is 47.7 Å². The van der Waals surface area contributed by atoms with Crippen molar-refractivity contribution in [2.75, 3.05) is 0 Å². The summed E-state index contributed by atoms with van der Waals surface area (Å²) in [6.45, 7) is 3.64. The molecule has 2 aliphatic rings. The molecule has 0 amide bonds. The molecule has 0 aromatic carbocycles. The van der Waals surface area contributed by atoms with E-state index in [9.17, 15) is 28.8 Å². The van der Waals surface area contributed by atoms with E-state index in [0.29, 0.717) is 25.7 Å². The molecule has 0 aromatic rings. The maximum atomic E-state index is 12.8. The SMILES string of the molecule is C[C@@H]1CCCCCCCCC[C@H](OC(=O)CCC(=O)O[C@H]2CCCCCCCCC[C@@H](C)OC(=O)/C=C/C2=O)C(=O)/C=C/C(=O)O1. The Morgan fingerprint density at radius 3 is 1.17 bits per heavy atom. The van der Waals surface area contributed by atoms with Gasteiger partial charge in [0.15, 0.2) is 23.8 Å². The number of ketones is 2. The molecule has 4 atom stereocenters. The van der Waals surface area contributed by atoms with Crippen LogP contribution in [-0.2, 0) is 47.7 Å². The van der Waals surface area contributed by atoms with Crippen LogP contribution in [0.5, 0.6) is 0 Å². The molecule has 2 heterocycles. The zero-order chi connectivity index (χ0) is 33.6. The van der Waals surface area contributed by atoms with Gasteiger partial charge in [0, 0.05) is 12.2 Å². The van der Waals surface area contributed by atoms with Gasteiger partial charge in [-0.15, -0.1) is 0 Å². The number of hydrogen-bond donors (Lipinski definition) is 0. The van der Waals surface area contributed by atoms with Gasteiger partial charge in [-0.25, -0.2) is 9.59 Å². The molecular formula is C36H54O10. The largest absolute Gasteiger partial charge is 0.460 e. The lowest BCUT2D eigenvalue weighted by molar-refractivity contribution is -0.159. The highest BCUT2D eigenvalue weighted by atomic mass is 16.6. The second kappa shape index (κ2) is 23.1. The third-order valence-electron chi connectivity index (χ3n) is 8.27. The summed E-state index contributed by atoms with van der Waals surface area (Å²) in [6, 6.07) is 0. The quantitative estimate of drug-likeness (QED) is 0.233. The Bertz CT molecular complexity index is 963. The van der Waals surface area contributed by atoms with Gasteiger partial charge in [-0.05, 0) is 77.4 Å². The van der Waals surface area contributed by atoms with Crippen LogP contribution in [0.3, 0.4) is 0 Å². The summed E-state index contributed by atoms with van der Waals surface area (Å²) in [5.41, 5.74) is 0. The third-order valence-corrected chi connectivity index (χ3v) is 8.27. The fourth-order valence-electron chi connectivity index (χ4n) is 5.56.